The SMILES string of the molecule is COC(=O)c1cc(Cl)cc(NC2CCC(S(C)(=O)=O)CC2)c1C. The van der Waals surface area contributed by atoms with E-state index in [9.17, 15) is 13.2 Å². The molecule has 0 aromatic heterocycles. The zero-order valence-corrected chi connectivity index (χ0v) is 15.1. The minimum Gasteiger partial charge on any atom is -0.465 e. The monoisotopic (exact) mass is 359 g/mol. The molecule has 0 heterocycles. The van der Waals surface area contributed by atoms with Gasteiger partial charge in [0.15, 0.2) is 0 Å². The van der Waals surface area contributed by atoms with E-state index < -0.39 is 15.8 Å². The first-order valence-corrected chi connectivity index (χ1v) is 9.89. The van der Waals surface area contributed by atoms with Gasteiger partial charge in [-0.3, -0.25) is 0 Å². The zero-order chi connectivity index (χ0) is 17.2. The molecule has 0 saturated heterocycles. The summed E-state index contributed by atoms with van der Waals surface area (Å²) in [5.41, 5.74) is 2.01. The molecule has 0 bridgehead atoms. The second kappa shape index (κ2) is 7.09. The Hall–Kier alpha value is -1.27. The summed E-state index contributed by atoms with van der Waals surface area (Å²) in [6.45, 7) is 1.84. The first-order valence-electron chi connectivity index (χ1n) is 7.56. The molecule has 23 heavy (non-hydrogen) atoms. The smallest absolute Gasteiger partial charge is 0.338 e. The molecule has 1 aliphatic rings. The number of hydrogen-bond acceptors (Lipinski definition) is 5. The van der Waals surface area contributed by atoms with Gasteiger partial charge in [-0.1, -0.05) is 11.6 Å². The molecule has 0 unspecified atom stereocenters. The van der Waals surface area contributed by atoms with Crippen molar-refractivity contribution in [2.45, 2.75) is 43.9 Å². The molecule has 1 saturated carbocycles. The van der Waals surface area contributed by atoms with Gasteiger partial charge >= 0.3 is 5.97 Å². The maximum atomic E-state index is 11.8. The van der Waals surface area contributed by atoms with Crippen molar-refractivity contribution >= 4 is 33.1 Å². The Labute approximate surface area is 142 Å². The van der Waals surface area contributed by atoms with Crippen molar-refractivity contribution < 1.29 is 17.9 Å². The van der Waals surface area contributed by atoms with Crippen molar-refractivity contribution in [2.24, 2.45) is 0 Å². The van der Waals surface area contributed by atoms with Gasteiger partial charge in [0.1, 0.15) is 9.84 Å². The lowest BCUT2D eigenvalue weighted by Gasteiger charge is -2.29. The number of esters is 1. The van der Waals surface area contributed by atoms with Crippen LogP contribution in [0.2, 0.25) is 5.02 Å². The molecule has 0 radical (unpaired) electrons. The third-order valence-electron chi connectivity index (χ3n) is 4.42. The fourth-order valence-electron chi connectivity index (χ4n) is 3.01. The normalized spacial score (nSPS) is 21.7. The Bertz CT molecular complexity index is 694. The number of methoxy groups -OCH3 is 1. The summed E-state index contributed by atoms with van der Waals surface area (Å²) < 4.78 is 28.0. The van der Waals surface area contributed by atoms with Crippen molar-refractivity contribution in [2.75, 3.05) is 18.7 Å². The van der Waals surface area contributed by atoms with Crippen LogP contribution in [0.3, 0.4) is 0 Å². The van der Waals surface area contributed by atoms with Gasteiger partial charge in [0.2, 0.25) is 0 Å². The number of sulfone groups is 1. The van der Waals surface area contributed by atoms with Gasteiger partial charge in [-0.05, 0) is 50.3 Å². The van der Waals surface area contributed by atoms with E-state index in [1.165, 1.54) is 13.4 Å². The fraction of sp³-hybridized carbons (Fsp3) is 0.562. The molecule has 2 rings (SSSR count). The van der Waals surface area contributed by atoms with Crippen molar-refractivity contribution in [3.63, 3.8) is 0 Å². The van der Waals surface area contributed by atoms with E-state index in [-0.39, 0.29) is 11.3 Å². The molecule has 7 heteroatoms. The first-order chi connectivity index (χ1) is 10.7. The van der Waals surface area contributed by atoms with E-state index in [0.717, 1.165) is 24.1 Å². The van der Waals surface area contributed by atoms with E-state index in [2.05, 4.69) is 5.32 Å². The number of carbonyl (C=O) groups excluding carboxylic acids is 1. The average molecular weight is 360 g/mol. The molecule has 1 N–H and O–H groups in total. The van der Waals surface area contributed by atoms with Crippen molar-refractivity contribution in [1.82, 2.24) is 0 Å². The number of rotatable bonds is 4. The Kier molecular flexibility index (Phi) is 5.57. The molecule has 0 atom stereocenters. The third kappa shape index (κ3) is 4.38. The molecule has 1 fully saturated rings. The van der Waals surface area contributed by atoms with Gasteiger partial charge in [-0.15, -0.1) is 0 Å². The highest BCUT2D eigenvalue weighted by atomic mass is 35.5. The summed E-state index contributed by atoms with van der Waals surface area (Å²) in [7, 11) is -1.63. The van der Waals surface area contributed by atoms with Crippen LogP contribution in [0.15, 0.2) is 12.1 Å². The number of nitrogens with one attached hydrogen (secondary N) is 1. The Morgan fingerprint density at radius 3 is 2.39 bits per heavy atom. The summed E-state index contributed by atoms with van der Waals surface area (Å²) >= 11 is 6.10. The number of ether oxygens (including phenoxy) is 1. The van der Waals surface area contributed by atoms with Gasteiger partial charge in [0.25, 0.3) is 0 Å². The largest absolute Gasteiger partial charge is 0.465 e. The third-order valence-corrected chi connectivity index (χ3v) is 6.32. The summed E-state index contributed by atoms with van der Waals surface area (Å²) in [6.07, 6.45) is 4.16. The Balaban J connectivity index is 2.13. The predicted octanol–water partition coefficient (Wildman–Crippen LogP) is 3.20. The lowest BCUT2D eigenvalue weighted by Crippen LogP contribution is -2.32. The van der Waals surface area contributed by atoms with Crippen LogP contribution >= 0.6 is 11.6 Å². The van der Waals surface area contributed by atoms with Gasteiger partial charge in [0, 0.05) is 23.0 Å². The van der Waals surface area contributed by atoms with Crippen LogP contribution in [0.1, 0.15) is 41.6 Å². The highest BCUT2D eigenvalue weighted by molar-refractivity contribution is 7.91. The zero-order valence-electron chi connectivity index (χ0n) is 13.6. The van der Waals surface area contributed by atoms with E-state index in [4.69, 9.17) is 16.3 Å². The Morgan fingerprint density at radius 2 is 1.87 bits per heavy atom. The highest BCUT2D eigenvalue weighted by Gasteiger charge is 2.28. The molecule has 0 aliphatic heterocycles. The molecule has 128 valence electrons. The number of benzene rings is 1. The molecule has 0 spiro atoms. The van der Waals surface area contributed by atoms with Gasteiger partial charge in [-0.25, -0.2) is 13.2 Å². The lowest BCUT2D eigenvalue weighted by atomic mass is 9.94. The molecule has 1 aromatic carbocycles. The average Bonchev–Trinajstić information content (AvgIpc) is 2.49. The van der Waals surface area contributed by atoms with Crippen molar-refractivity contribution in [3.05, 3.63) is 28.3 Å². The second-order valence-electron chi connectivity index (χ2n) is 6.06. The molecular weight excluding hydrogens is 338 g/mol. The summed E-state index contributed by atoms with van der Waals surface area (Å²) in [5.74, 6) is -0.422. The summed E-state index contributed by atoms with van der Waals surface area (Å²) in [4.78, 5) is 11.8. The van der Waals surface area contributed by atoms with E-state index >= 15 is 0 Å². The van der Waals surface area contributed by atoms with Crippen LogP contribution in [0, 0.1) is 6.92 Å². The van der Waals surface area contributed by atoms with Gasteiger partial charge in [-0.2, -0.15) is 0 Å². The van der Waals surface area contributed by atoms with Crippen LogP contribution in [0.25, 0.3) is 0 Å². The van der Waals surface area contributed by atoms with Gasteiger partial charge in [0.05, 0.1) is 17.9 Å². The quantitative estimate of drug-likeness (QED) is 0.836. The van der Waals surface area contributed by atoms with E-state index in [1.54, 1.807) is 12.1 Å². The van der Waals surface area contributed by atoms with E-state index in [1.807, 2.05) is 6.92 Å². The van der Waals surface area contributed by atoms with Crippen LogP contribution in [-0.2, 0) is 14.6 Å². The number of anilines is 1. The number of carbonyl (C=O) groups is 1. The van der Waals surface area contributed by atoms with Crippen LogP contribution < -0.4 is 5.32 Å². The standard InChI is InChI=1S/C16H22ClNO4S/c1-10-14(16(19)22-2)8-11(17)9-15(10)18-12-4-6-13(7-5-12)23(3,20)21/h8-9,12-13,18H,4-7H2,1-3H3. The fourth-order valence-corrected chi connectivity index (χ4v) is 4.35. The molecular formula is C16H22ClNO4S. The maximum absolute atomic E-state index is 11.8. The predicted molar refractivity (Wildman–Crippen MR) is 92.0 cm³/mol. The van der Waals surface area contributed by atoms with Crippen molar-refractivity contribution in [3.8, 4) is 0 Å². The number of hydrogen-bond donors (Lipinski definition) is 1. The van der Waals surface area contributed by atoms with E-state index in [0.29, 0.717) is 23.4 Å². The summed E-state index contributed by atoms with van der Waals surface area (Å²) in [5, 5.41) is 3.61. The Morgan fingerprint density at radius 1 is 1.26 bits per heavy atom. The second-order valence-corrected chi connectivity index (χ2v) is 8.83. The minimum absolute atomic E-state index is 0.177. The summed E-state index contributed by atoms with van der Waals surface area (Å²) in [6, 6.07) is 3.55. The molecule has 1 aromatic rings. The topological polar surface area (TPSA) is 72.5 Å². The molecule has 1 aliphatic carbocycles. The van der Waals surface area contributed by atoms with Crippen LogP contribution in [0.5, 0.6) is 0 Å². The minimum atomic E-state index is -2.97. The number of halogens is 1. The van der Waals surface area contributed by atoms with Gasteiger partial charge < -0.3 is 10.1 Å². The van der Waals surface area contributed by atoms with Crippen LogP contribution in [-0.4, -0.2) is 39.0 Å². The van der Waals surface area contributed by atoms with Crippen LogP contribution in [0.4, 0.5) is 5.69 Å². The first kappa shape index (κ1) is 18.1. The molecule has 0 amide bonds. The highest BCUT2D eigenvalue weighted by Crippen LogP contribution is 2.30. The molecule has 5 nitrogen and oxygen atoms in total. The maximum Gasteiger partial charge on any atom is 0.338 e. The lowest BCUT2D eigenvalue weighted by molar-refractivity contribution is 0.0600. The van der Waals surface area contributed by atoms with Crippen molar-refractivity contribution in [1.29, 1.82) is 0 Å².